The van der Waals surface area contributed by atoms with Crippen LogP contribution in [-0.2, 0) is 10.0 Å². The van der Waals surface area contributed by atoms with Crippen LogP contribution < -0.4 is 10.0 Å². The van der Waals surface area contributed by atoms with Crippen LogP contribution in [0, 0.1) is 19.3 Å². The molecule has 0 aliphatic carbocycles. The Morgan fingerprint density at radius 2 is 2.23 bits per heavy atom. The van der Waals surface area contributed by atoms with E-state index in [0.29, 0.717) is 5.13 Å². The van der Waals surface area contributed by atoms with Gasteiger partial charge in [-0.3, -0.25) is 10.1 Å². The standard InChI is InChI=1S/C14H13N3O3S2/c1-3-7-15-22(19,20)12-6-4-5-11(8-12)13(18)17-14-16-10(2)9-21-14/h1,4-6,8-9,15H,7H2,2H3,(H,16,17,18). The number of hydrogen-bond donors (Lipinski definition) is 2. The Balaban J connectivity index is 2.21. The molecule has 1 amide bonds. The Morgan fingerprint density at radius 3 is 2.86 bits per heavy atom. The summed E-state index contributed by atoms with van der Waals surface area (Å²) in [6.07, 6.45) is 5.03. The number of amides is 1. The first-order chi connectivity index (χ1) is 10.4. The van der Waals surface area contributed by atoms with Crippen LogP contribution >= 0.6 is 11.3 Å². The van der Waals surface area contributed by atoms with Crippen LogP contribution in [0.3, 0.4) is 0 Å². The molecule has 0 fully saturated rings. The second-order valence-electron chi connectivity index (χ2n) is 4.30. The molecule has 1 aromatic carbocycles. The van der Waals surface area contributed by atoms with Crippen molar-refractivity contribution in [2.45, 2.75) is 11.8 Å². The highest BCUT2D eigenvalue weighted by atomic mass is 32.2. The van der Waals surface area contributed by atoms with Gasteiger partial charge in [0.2, 0.25) is 10.0 Å². The molecule has 0 spiro atoms. The third-order valence-electron chi connectivity index (χ3n) is 2.61. The van der Waals surface area contributed by atoms with Crippen molar-refractivity contribution in [3.05, 3.63) is 40.9 Å². The summed E-state index contributed by atoms with van der Waals surface area (Å²) in [5, 5.41) is 4.89. The summed E-state index contributed by atoms with van der Waals surface area (Å²) in [4.78, 5) is 16.2. The summed E-state index contributed by atoms with van der Waals surface area (Å²) < 4.78 is 26.2. The summed E-state index contributed by atoms with van der Waals surface area (Å²) >= 11 is 1.30. The van der Waals surface area contributed by atoms with Crippen molar-refractivity contribution in [2.75, 3.05) is 11.9 Å². The van der Waals surface area contributed by atoms with E-state index in [2.05, 4.69) is 20.9 Å². The van der Waals surface area contributed by atoms with Gasteiger partial charge < -0.3 is 0 Å². The van der Waals surface area contributed by atoms with Gasteiger partial charge >= 0.3 is 0 Å². The number of aromatic nitrogens is 1. The average Bonchev–Trinajstić information content (AvgIpc) is 2.90. The van der Waals surface area contributed by atoms with Gasteiger partial charge in [-0.05, 0) is 25.1 Å². The first-order valence-corrected chi connectivity index (χ1v) is 8.55. The fourth-order valence-electron chi connectivity index (χ4n) is 1.61. The van der Waals surface area contributed by atoms with Gasteiger partial charge in [0, 0.05) is 10.9 Å². The van der Waals surface area contributed by atoms with Crippen molar-refractivity contribution in [3.63, 3.8) is 0 Å². The van der Waals surface area contributed by atoms with Crippen molar-refractivity contribution in [1.29, 1.82) is 0 Å². The summed E-state index contributed by atoms with van der Waals surface area (Å²) in [5.74, 6) is 1.76. The number of nitrogens with zero attached hydrogens (tertiary/aromatic N) is 1. The topological polar surface area (TPSA) is 88.2 Å². The van der Waals surface area contributed by atoms with Gasteiger partial charge in [0.15, 0.2) is 5.13 Å². The Morgan fingerprint density at radius 1 is 1.45 bits per heavy atom. The molecule has 6 nitrogen and oxygen atoms in total. The normalized spacial score (nSPS) is 10.9. The molecule has 1 aromatic heterocycles. The lowest BCUT2D eigenvalue weighted by molar-refractivity contribution is 0.102. The van der Waals surface area contributed by atoms with Crippen LogP contribution in [0.2, 0.25) is 0 Å². The van der Waals surface area contributed by atoms with E-state index in [-0.39, 0.29) is 17.0 Å². The molecule has 0 saturated heterocycles. The van der Waals surface area contributed by atoms with Crippen LogP contribution in [0.15, 0.2) is 34.5 Å². The number of carbonyl (C=O) groups is 1. The predicted molar refractivity (Wildman–Crippen MR) is 85.3 cm³/mol. The van der Waals surface area contributed by atoms with Gasteiger partial charge in [0.1, 0.15) is 0 Å². The van der Waals surface area contributed by atoms with Crippen molar-refractivity contribution in [3.8, 4) is 12.3 Å². The van der Waals surface area contributed by atoms with E-state index in [1.165, 1.54) is 35.6 Å². The Bertz CT molecular complexity index is 835. The Kier molecular flexibility index (Phi) is 4.92. The maximum Gasteiger partial charge on any atom is 0.257 e. The van der Waals surface area contributed by atoms with E-state index in [9.17, 15) is 13.2 Å². The van der Waals surface area contributed by atoms with Gasteiger partial charge in [-0.15, -0.1) is 17.8 Å². The van der Waals surface area contributed by atoms with Crippen LogP contribution in [0.25, 0.3) is 0 Å². The largest absolute Gasteiger partial charge is 0.298 e. The monoisotopic (exact) mass is 335 g/mol. The summed E-state index contributed by atoms with van der Waals surface area (Å²) in [7, 11) is -3.73. The predicted octanol–water partition coefficient (Wildman–Crippen LogP) is 1.62. The molecule has 2 rings (SSSR count). The van der Waals surface area contributed by atoms with Crippen molar-refractivity contribution >= 4 is 32.4 Å². The van der Waals surface area contributed by atoms with Gasteiger partial charge in [-0.2, -0.15) is 4.72 Å². The van der Waals surface area contributed by atoms with Crippen LogP contribution in [0.1, 0.15) is 16.1 Å². The van der Waals surface area contributed by atoms with Gasteiger partial charge in [0.05, 0.1) is 17.1 Å². The quantitative estimate of drug-likeness (QED) is 0.813. The minimum absolute atomic E-state index is 0.0225. The zero-order valence-electron chi connectivity index (χ0n) is 11.7. The van der Waals surface area contributed by atoms with E-state index in [1.807, 2.05) is 6.92 Å². The maximum atomic E-state index is 12.1. The summed E-state index contributed by atoms with van der Waals surface area (Å²) in [6.45, 7) is 1.70. The molecule has 2 N–H and O–H groups in total. The average molecular weight is 335 g/mol. The first kappa shape index (κ1) is 16.2. The SMILES string of the molecule is C#CCNS(=O)(=O)c1cccc(C(=O)Nc2nc(C)cs2)c1. The minimum atomic E-state index is -3.73. The van der Waals surface area contributed by atoms with Crippen LogP contribution in [0.4, 0.5) is 5.13 Å². The zero-order chi connectivity index (χ0) is 16.2. The number of hydrogen-bond acceptors (Lipinski definition) is 5. The second-order valence-corrected chi connectivity index (χ2v) is 6.93. The number of carbonyl (C=O) groups excluding carboxylic acids is 1. The summed E-state index contributed by atoms with van der Waals surface area (Å²) in [5.41, 5.74) is 1.02. The molecule has 0 radical (unpaired) electrons. The van der Waals surface area contributed by atoms with Gasteiger partial charge in [0.25, 0.3) is 5.91 Å². The summed E-state index contributed by atoms with van der Waals surface area (Å²) in [6, 6.07) is 5.69. The molecule has 2 aromatic rings. The number of benzene rings is 1. The lowest BCUT2D eigenvalue weighted by atomic mass is 10.2. The molecule has 1 heterocycles. The van der Waals surface area contributed by atoms with E-state index in [4.69, 9.17) is 6.42 Å². The van der Waals surface area contributed by atoms with Crippen LogP contribution in [0.5, 0.6) is 0 Å². The number of sulfonamides is 1. The number of rotatable bonds is 5. The first-order valence-electron chi connectivity index (χ1n) is 6.19. The van der Waals surface area contributed by atoms with E-state index < -0.39 is 15.9 Å². The lowest BCUT2D eigenvalue weighted by Crippen LogP contribution is -2.24. The van der Waals surface area contributed by atoms with E-state index in [0.717, 1.165) is 5.69 Å². The molecule has 0 bridgehead atoms. The number of nitrogens with one attached hydrogen (secondary N) is 2. The van der Waals surface area contributed by atoms with Crippen molar-refractivity contribution < 1.29 is 13.2 Å². The van der Waals surface area contributed by atoms with Crippen molar-refractivity contribution in [2.24, 2.45) is 0 Å². The van der Waals surface area contributed by atoms with E-state index >= 15 is 0 Å². The third-order valence-corrected chi connectivity index (χ3v) is 4.88. The molecular formula is C14H13N3O3S2. The van der Waals surface area contributed by atoms with E-state index in [1.54, 1.807) is 5.38 Å². The smallest absolute Gasteiger partial charge is 0.257 e. The molecular weight excluding hydrogens is 322 g/mol. The molecule has 114 valence electrons. The third kappa shape index (κ3) is 3.92. The highest BCUT2D eigenvalue weighted by molar-refractivity contribution is 7.89. The highest BCUT2D eigenvalue weighted by Gasteiger charge is 2.16. The fraction of sp³-hybridized carbons (Fsp3) is 0.143. The maximum absolute atomic E-state index is 12.1. The number of anilines is 1. The van der Waals surface area contributed by atoms with Gasteiger partial charge in [-0.1, -0.05) is 12.0 Å². The fourth-order valence-corrected chi connectivity index (χ4v) is 3.27. The molecule has 0 unspecified atom stereocenters. The lowest BCUT2D eigenvalue weighted by Gasteiger charge is -2.06. The van der Waals surface area contributed by atoms with Gasteiger partial charge in [-0.25, -0.2) is 13.4 Å². The molecule has 0 atom stereocenters. The molecule has 0 aliphatic heterocycles. The minimum Gasteiger partial charge on any atom is -0.298 e. The second kappa shape index (κ2) is 6.70. The molecule has 0 aliphatic rings. The van der Waals surface area contributed by atoms with Crippen molar-refractivity contribution in [1.82, 2.24) is 9.71 Å². The molecule has 8 heteroatoms. The molecule has 22 heavy (non-hydrogen) atoms. The Labute approximate surface area is 132 Å². The molecule has 0 saturated carbocycles. The Hall–Kier alpha value is -2.21. The van der Waals surface area contributed by atoms with Crippen LogP contribution in [-0.4, -0.2) is 25.9 Å². The number of aryl methyl sites for hydroxylation is 1. The number of thiazole rings is 1. The highest BCUT2D eigenvalue weighted by Crippen LogP contribution is 2.17. The number of terminal acetylenes is 1. The zero-order valence-corrected chi connectivity index (χ0v) is 13.3.